The molecule has 2 saturated heterocycles. The maximum Gasteiger partial charge on any atom is 0.280 e. The van der Waals surface area contributed by atoms with E-state index in [4.69, 9.17) is 37.3 Å². The lowest BCUT2D eigenvalue weighted by Crippen LogP contribution is -2.36. The maximum atomic E-state index is 12.4. The summed E-state index contributed by atoms with van der Waals surface area (Å²) in [5, 5.41) is 29.2. The Labute approximate surface area is 251 Å². The number of hydrogen-bond acceptors (Lipinski definition) is 16. The number of aliphatic hydroxyl groups excluding tert-OH is 3. The lowest BCUT2D eigenvalue weighted by Gasteiger charge is -2.33. The molecule has 21 heteroatoms. The largest absolute Gasteiger partial charge is 0.395 e. The minimum atomic E-state index is -3.87. The fraction of sp³-hybridized carbons (Fsp3) is 0.545. The van der Waals surface area contributed by atoms with Crippen molar-refractivity contribution < 1.29 is 34.2 Å². The molecule has 9 N–H and O–H groups in total. The monoisotopic (exact) mass is 656 g/mol. The van der Waals surface area contributed by atoms with Gasteiger partial charge in [0.25, 0.3) is 5.56 Å². The summed E-state index contributed by atoms with van der Waals surface area (Å²) < 4.78 is 21.0. The van der Waals surface area contributed by atoms with Crippen molar-refractivity contribution in [1.29, 1.82) is 0 Å². The van der Waals surface area contributed by atoms with Crippen LogP contribution in [-0.2, 0) is 25.8 Å². The standard InChI is InChI=1S/C22H29N10O8PS2/c1-22(2-9(38-8-34)19(40-22)31-6-27-11-15(23)25-5-26-16(11)31)4-39-41(37,42)14-13(35)10(3-33)43-20(14)32-7-28-12-17(32)29-21(24)30-18(12)36/h5-7,9-10,13-14,19-20,33-35H,2-4,8H2,1H3,(H,37,42)(H2,23,25,26)(H3,24,29,30,36)/t9-,10-,13-,14-,19-,20?,22?,41?/m1/s1. The first-order valence-corrected chi connectivity index (χ1v) is 16.6. The van der Waals surface area contributed by atoms with E-state index in [-0.39, 0.29) is 36.0 Å². The summed E-state index contributed by atoms with van der Waals surface area (Å²) in [5.74, 6) is 0.0448. The van der Waals surface area contributed by atoms with Crippen LogP contribution in [0.2, 0.25) is 0 Å². The first-order valence-electron chi connectivity index (χ1n) is 12.9. The van der Waals surface area contributed by atoms with Gasteiger partial charge in [0.1, 0.15) is 24.7 Å². The fourth-order valence-electron chi connectivity index (χ4n) is 5.47. The zero-order valence-corrected chi connectivity index (χ0v) is 25.0. The number of fused-ring (bicyclic) bond motifs is 2. The Kier molecular flexibility index (Phi) is 7.95. The van der Waals surface area contributed by atoms with Crippen LogP contribution in [0.5, 0.6) is 0 Å². The van der Waals surface area contributed by atoms with Crippen LogP contribution in [0.25, 0.3) is 22.3 Å². The van der Waals surface area contributed by atoms with Crippen LogP contribution < -0.4 is 17.0 Å². The van der Waals surface area contributed by atoms with Crippen LogP contribution in [-0.4, -0.2) is 108 Å². The number of rotatable bonds is 9. The molecule has 0 radical (unpaired) electrons. The molecular formula is C22H29N10O8PS2. The van der Waals surface area contributed by atoms with Gasteiger partial charge in [0.15, 0.2) is 35.3 Å². The highest BCUT2D eigenvalue weighted by atomic mass is 32.5. The van der Waals surface area contributed by atoms with Crippen molar-refractivity contribution in [3.8, 4) is 0 Å². The molecule has 3 unspecified atom stereocenters. The lowest BCUT2D eigenvalue weighted by molar-refractivity contribution is -0.122. The number of ether oxygens (including phenoxy) is 2. The summed E-state index contributed by atoms with van der Waals surface area (Å²) in [6, 6.07) is 0. The van der Waals surface area contributed by atoms with E-state index in [0.29, 0.717) is 11.2 Å². The van der Waals surface area contributed by atoms with E-state index in [9.17, 15) is 25.0 Å². The Bertz CT molecular complexity index is 1770. The predicted molar refractivity (Wildman–Crippen MR) is 157 cm³/mol. The lowest BCUT2D eigenvalue weighted by atomic mass is 10.0. The van der Waals surface area contributed by atoms with Gasteiger partial charge in [-0.3, -0.25) is 14.3 Å². The third-order valence-electron chi connectivity index (χ3n) is 7.48. The van der Waals surface area contributed by atoms with Gasteiger partial charge in [0.05, 0.1) is 53.9 Å². The van der Waals surface area contributed by atoms with Crippen molar-refractivity contribution in [2.75, 3.05) is 31.5 Å². The van der Waals surface area contributed by atoms with Gasteiger partial charge in [-0.2, -0.15) is 4.98 Å². The molecule has 0 aromatic carbocycles. The first kappa shape index (κ1) is 30.3. The number of anilines is 2. The van der Waals surface area contributed by atoms with Crippen LogP contribution in [0.4, 0.5) is 11.8 Å². The molecular weight excluding hydrogens is 627 g/mol. The SMILES string of the molecule is CC1(COP(O)(=S)[C@H]2C(n3cnc4c(=O)[nH]c(N)nc43)S[C@H](CO)[C@H]2O)C[C@@H](OCO)[C@H](n2cnc3c(N)ncnc32)O1. The third-order valence-corrected chi connectivity index (χ3v) is 12.1. The van der Waals surface area contributed by atoms with Gasteiger partial charge in [-0.15, -0.1) is 11.8 Å². The first-order chi connectivity index (χ1) is 20.5. The van der Waals surface area contributed by atoms with Crippen molar-refractivity contribution >= 4 is 64.2 Å². The highest BCUT2D eigenvalue weighted by Gasteiger charge is 2.53. The predicted octanol–water partition coefficient (Wildman–Crippen LogP) is -1.21. The van der Waals surface area contributed by atoms with Crippen molar-refractivity contribution in [3.63, 3.8) is 0 Å². The van der Waals surface area contributed by atoms with E-state index in [1.54, 1.807) is 11.5 Å². The minimum absolute atomic E-state index is 0.00883. The smallest absolute Gasteiger partial charge is 0.280 e. The zero-order valence-electron chi connectivity index (χ0n) is 22.5. The van der Waals surface area contributed by atoms with Crippen molar-refractivity contribution in [3.05, 3.63) is 29.3 Å². The van der Waals surface area contributed by atoms with Gasteiger partial charge in [-0.05, 0) is 18.7 Å². The van der Waals surface area contributed by atoms with Crippen molar-refractivity contribution in [2.45, 2.75) is 53.7 Å². The highest BCUT2D eigenvalue weighted by molar-refractivity contribution is 8.10. The average molecular weight is 657 g/mol. The summed E-state index contributed by atoms with van der Waals surface area (Å²) in [4.78, 5) is 47.1. The number of hydrogen-bond donors (Lipinski definition) is 7. The molecule has 232 valence electrons. The van der Waals surface area contributed by atoms with Crippen LogP contribution in [0, 0.1) is 0 Å². The van der Waals surface area contributed by atoms with Gasteiger partial charge in [0.2, 0.25) is 5.95 Å². The highest BCUT2D eigenvalue weighted by Crippen LogP contribution is 2.62. The van der Waals surface area contributed by atoms with E-state index in [1.165, 1.54) is 23.5 Å². The molecule has 4 aromatic heterocycles. The number of thioether (sulfide) groups is 1. The minimum Gasteiger partial charge on any atom is -0.395 e. The molecule has 43 heavy (non-hydrogen) atoms. The van der Waals surface area contributed by atoms with Gasteiger partial charge in [0, 0.05) is 6.42 Å². The molecule has 6 heterocycles. The van der Waals surface area contributed by atoms with E-state index in [2.05, 4.69) is 29.9 Å². The number of aliphatic hydroxyl groups is 3. The molecule has 0 saturated carbocycles. The van der Waals surface area contributed by atoms with Gasteiger partial charge in [-0.25, -0.2) is 19.9 Å². The number of nitrogens with two attached hydrogens (primary N) is 2. The normalized spacial score (nSPS) is 30.8. The van der Waals surface area contributed by atoms with Gasteiger partial charge >= 0.3 is 0 Å². The van der Waals surface area contributed by atoms with Crippen LogP contribution in [0.15, 0.2) is 23.8 Å². The van der Waals surface area contributed by atoms with Crippen LogP contribution in [0.1, 0.15) is 24.9 Å². The molecule has 2 aliphatic rings. The number of nitrogens with zero attached hydrogens (tertiary/aromatic N) is 7. The molecule has 0 bridgehead atoms. The summed E-state index contributed by atoms with van der Waals surface area (Å²) >= 11 is 6.77. The summed E-state index contributed by atoms with van der Waals surface area (Å²) in [6.07, 6.45) is 1.58. The molecule has 0 aliphatic carbocycles. The van der Waals surface area contributed by atoms with Crippen molar-refractivity contribution in [1.82, 2.24) is 39.0 Å². The summed E-state index contributed by atoms with van der Waals surface area (Å²) in [6.45, 7) is -3.35. The molecule has 0 amide bonds. The number of aromatic amines is 1. The quantitative estimate of drug-likeness (QED) is 0.0822. The number of nitrogens with one attached hydrogen (secondary N) is 1. The van der Waals surface area contributed by atoms with Crippen LogP contribution >= 0.6 is 18.3 Å². The van der Waals surface area contributed by atoms with E-state index >= 15 is 0 Å². The fourth-order valence-corrected chi connectivity index (χ4v) is 10.5. The Morgan fingerprint density at radius 2 is 1.95 bits per heavy atom. The number of H-pyrrole nitrogens is 1. The Morgan fingerprint density at radius 1 is 1.21 bits per heavy atom. The Balaban J connectivity index is 1.27. The van der Waals surface area contributed by atoms with E-state index < -0.39 is 65.8 Å². The molecule has 0 spiro atoms. The Morgan fingerprint density at radius 3 is 2.70 bits per heavy atom. The maximum absolute atomic E-state index is 12.4. The van der Waals surface area contributed by atoms with Crippen LogP contribution in [0.3, 0.4) is 0 Å². The molecule has 8 atom stereocenters. The van der Waals surface area contributed by atoms with E-state index in [1.807, 2.05) is 0 Å². The average Bonchev–Trinajstić information content (AvgIpc) is 3.72. The molecule has 6 rings (SSSR count). The Hall–Kier alpha value is -2.78. The third kappa shape index (κ3) is 5.30. The topological polar surface area (TPSA) is 268 Å². The van der Waals surface area contributed by atoms with Gasteiger partial charge < -0.3 is 50.2 Å². The van der Waals surface area contributed by atoms with Crippen molar-refractivity contribution in [2.24, 2.45) is 0 Å². The molecule has 18 nitrogen and oxygen atoms in total. The second-order valence-corrected chi connectivity index (χ2v) is 15.3. The second kappa shape index (κ2) is 11.3. The number of aromatic nitrogens is 8. The number of imidazole rings is 2. The zero-order chi connectivity index (χ0) is 30.7. The molecule has 2 fully saturated rings. The van der Waals surface area contributed by atoms with E-state index in [0.717, 1.165) is 11.8 Å². The summed E-state index contributed by atoms with van der Waals surface area (Å²) in [7, 11) is 0. The van der Waals surface area contributed by atoms with Gasteiger partial charge in [-0.1, -0.05) is 0 Å². The summed E-state index contributed by atoms with van der Waals surface area (Å²) in [5.41, 5.74) is 9.84. The number of nitrogen functional groups attached to an aromatic ring is 2. The second-order valence-electron chi connectivity index (χ2n) is 10.4. The molecule has 2 aliphatic heterocycles. The molecule has 4 aromatic rings.